The molecule has 0 aliphatic rings. The van der Waals surface area contributed by atoms with Crippen LogP contribution in [-0.4, -0.2) is 37.8 Å². The molecule has 2 aromatic heterocycles. The van der Waals surface area contributed by atoms with Gasteiger partial charge in [0.15, 0.2) is 0 Å². The van der Waals surface area contributed by atoms with E-state index in [1.165, 1.54) is 35.4 Å². The second-order valence-electron chi connectivity index (χ2n) is 6.05. The monoisotopic (exact) mass is 389 g/mol. The highest BCUT2D eigenvalue weighted by Gasteiger charge is 2.16. The normalized spacial score (nSPS) is 11.6. The van der Waals surface area contributed by atoms with Gasteiger partial charge in [0.2, 0.25) is 21.5 Å². The SMILES string of the molecule is CN(Cc1ccco1)C(=O)CCNS(=O)(=O)c1ccc2[nH]c(=O)ccc2c1. The van der Waals surface area contributed by atoms with Gasteiger partial charge in [-0.3, -0.25) is 9.59 Å². The van der Waals surface area contributed by atoms with Crippen molar-refractivity contribution >= 4 is 26.8 Å². The number of sulfonamides is 1. The van der Waals surface area contributed by atoms with Crippen LogP contribution in [0.1, 0.15) is 12.2 Å². The van der Waals surface area contributed by atoms with E-state index in [0.29, 0.717) is 23.2 Å². The number of carbonyl (C=O) groups is 1. The van der Waals surface area contributed by atoms with Gasteiger partial charge in [-0.2, -0.15) is 0 Å². The average Bonchev–Trinajstić information content (AvgIpc) is 3.13. The highest BCUT2D eigenvalue weighted by atomic mass is 32.2. The molecule has 0 unspecified atom stereocenters. The van der Waals surface area contributed by atoms with Crippen molar-refractivity contribution in [2.45, 2.75) is 17.9 Å². The molecule has 8 nitrogen and oxygen atoms in total. The van der Waals surface area contributed by atoms with Gasteiger partial charge in [0.25, 0.3) is 0 Å². The van der Waals surface area contributed by atoms with Crippen molar-refractivity contribution < 1.29 is 17.6 Å². The van der Waals surface area contributed by atoms with Gasteiger partial charge < -0.3 is 14.3 Å². The summed E-state index contributed by atoms with van der Waals surface area (Å²) in [6, 6.07) is 10.8. The van der Waals surface area contributed by atoms with Gasteiger partial charge in [-0.05, 0) is 41.8 Å². The van der Waals surface area contributed by atoms with E-state index in [-0.39, 0.29) is 29.3 Å². The largest absolute Gasteiger partial charge is 0.467 e. The average molecular weight is 389 g/mol. The van der Waals surface area contributed by atoms with Crippen LogP contribution in [-0.2, 0) is 21.4 Å². The summed E-state index contributed by atoms with van der Waals surface area (Å²) in [4.78, 5) is 27.6. The Balaban J connectivity index is 1.60. The minimum Gasteiger partial charge on any atom is -0.467 e. The Hall–Kier alpha value is -2.91. The number of rotatable bonds is 7. The zero-order valence-corrected chi connectivity index (χ0v) is 15.5. The molecular formula is C18H19N3O5S. The maximum Gasteiger partial charge on any atom is 0.248 e. The number of pyridine rings is 1. The molecule has 142 valence electrons. The Morgan fingerprint density at radius 2 is 2.04 bits per heavy atom. The first kappa shape index (κ1) is 18.9. The van der Waals surface area contributed by atoms with Crippen LogP contribution in [0.2, 0.25) is 0 Å². The van der Waals surface area contributed by atoms with Gasteiger partial charge in [-0.15, -0.1) is 0 Å². The summed E-state index contributed by atoms with van der Waals surface area (Å²) in [5, 5.41) is 0.603. The van der Waals surface area contributed by atoms with Gasteiger partial charge in [0.05, 0.1) is 17.7 Å². The number of H-pyrrole nitrogens is 1. The smallest absolute Gasteiger partial charge is 0.248 e. The molecule has 0 saturated heterocycles. The van der Waals surface area contributed by atoms with Crippen LogP contribution in [0.25, 0.3) is 10.9 Å². The number of furan rings is 1. The van der Waals surface area contributed by atoms with Crippen LogP contribution >= 0.6 is 0 Å². The molecular weight excluding hydrogens is 370 g/mol. The third-order valence-corrected chi connectivity index (χ3v) is 5.49. The van der Waals surface area contributed by atoms with E-state index in [0.717, 1.165) is 0 Å². The second kappa shape index (κ2) is 7.77. The van der Waals surface area contributed by atoms with Crippen molar-refractivity contribution in [3.05, 3.63) is 64.8 Å². The first-order valence-electron chi connectivity index (χ1n) is 8.24. The van der Waals surface area contributed by atoms with E-state index in [1.54, 1.807) is 25.2 Å². The van der Waals surface area contributed by atoms with Gasteiger partial charge in [-0.1, -0.05) is 0 Å². The van der Waals surface area contributed by atoms with Crippen molar-refractivity contribution in [1.29, 1.82) is 0 Å². The van der Waals surface area contributed by atoms with Crippen LogP contribution < -0.4 is 10.3 Å². The summed E-state index contributed by atoms with van der Waals surface area (Å²) >= 11 is 0. The molecule has 3 rings (SSSR count). The van der Waals surface area contributed by atoms with E-state index in [9.17, 15) is 18.0 Å². The Kier molecular flexibility index (Phi) is 5.43. The second-order valence-corrected chi connectivity index (χ2v) is 7.82. The topological polar surface area (TPSA) is 112 Å². The molecule has 27 heavy (non-hydrogen) atoms. The van der Waals surface area contributed by atoms with Crippen molar-refractivity contribution in [3.63, 3.8) is 0 Å². The molecule has 2 N–H and O–H groups in total. The molecule has 9 heteroatoms. The number of aromatic amines is 1. The molecule has 0 aliphatic heterocycles. The number of aromatic nitrogens is 1. The predicted octanol–water partition coefficient (Wildman–Crippen LogP) is 1.45. The predicted molar refractivity (Wildman–Crippen MR) is 99.6 cm³/mol. The highest BCUT2D eigenvalue weighted by Crippen LogP contribution is 2.16. The number of nitrogens with one attached hydrogen (secondary N) is 2. The van der Waals surface area contributed by atoms with Crippen molar-refractivity contribution in [2.75, 3.05) is 13.6 Å². The van der Waals surface area contributed by atoms with E-state index in [2.05, 4.69) is 9.71 Å². The van der Waals surface area contributed by atoms with Crippen LogP contribution in [0.15, 0.2) is 62.8 Å². The molecule has 0 spiro atoms. The van der Waals surface area contributed by atoms with Crippen molar-refractivity contribution in [3.8, 4) is 0 Å². The third kappa shape index (κ3) is 4.63. The number of nitrogens with zero attached hydrogens (tertiary/aromatic N) is 1. The summed E-state index contributed by atoms with van der Waals surface area (Å²) < 4.78 is 32.5. The van der Waals surface area contributed by atoms with Crippen LogP contribution in [0, 0.1) is 0 Å². The minimum absolute atomic E-state index is 0.0205. The van der Waals surface area contributed by atoms with Gasteiger partial charge in [-0.25, -0.2) is 13.1 Å². The number of carbonyl (C=O) groups excluding carboxylic acids is 1. The van der Waals surface area contributed by atoms with Gasteiger partial charge >= 0.3 is 0 Å². The molecule has 0 aliphatic carbocycles. The molecule has 1 amide bonds. The molecule has 3 aromatic rings. The fourth-order valence-electron chi connectivity index (χ4n) is 2.59. The number of benzene rings is 1. The summed E-state index contributed by atoms with van der Waals surface area (Å²) in [7, 11) is -2.14. The molecule has 2 heterocycles. The Labute approximate surface area is 155 Å². The number of hydrogen-bond donors (Lipinski definition) is 2. The fourth-order valence-corrected chi connectivity index (χ4v) is 3.66. The maximum absolute atomic E-state index is 12.4. The Morgan fingerprint density at radius 1 is 1.22 bits per heavy atom. The lowest BCUT2D eigenvalue weighted by Gasteiger charge is -2.16. The lowest BCUT2D eigenvalue weighted by Crippen LogP contribution is -2.31. The first-order chi connectivity index (χ1) is 12.8. The zero-order valence-electron chi connectivity index (χ0n) is 14.6. The minimum atomic E-state index is -3.76. The Morgan fingerprint density at radius 3 is 2.78 bits per heavy atom. The summed E-state index contributed by atoms with van der Waals surface area (Å²) in [5.41, 5.74) is 0.296. The molecule has 1 aromatic carbocycles. The third-order valence-electron chi connectivity index (χ3n) is 4.04. The Bertz CT molecular complexity index is 1100. The summed E-state index contributed by atoms with van der Waals surface area (Å²) in [6.45, 7) is 0.300. The standard InChI is InChI=1S/C18H19N3O5S/c1-21(12-14-3-2-10-26-14)18(23)8-9-19-27(24,25)15-5-6-16-13(11-15)4-7-17(22)20-16/h2-7,10-11,19H,8-9,12H2,1H3,(H,20,22). The van der Waals surface area contributed by atoms with Gasteiger partial charge in [0.1, 0.15) is 5.76 Å². The molecule has 0 fully saturated rings. The van der Waals surface area contributed by atoms with E-state index in [1.807, 2.05) is 0 Å². The molecule has 0 bridgehead atoms. The summed E-state index contributed by atoms with van der Waals surface area (Å²) in [6.07, 6.45) is 1.55. The van der Waals surface area contributed by atoms with E-state index in [4.69, 9.17) is 4.42 Å². The summed E-state index contributed by atoms with van der Waals surface area (Å²) in [5.74, 6) is 0.450. The van der Waals surface area contributed by atoms with Crippen molar-refractivity contribution in [2.24, 2.45) is 0 Å². The highest BCUT2D eigenvalue weighted by molar-refractivity contribution is 7.89. The number of amides is 1. The molecule has 0 saturated carbocycles. The molecule has 0 atom stereocenters. The first-order valence-corrected chi connectivity index (χ1v) is 9.72. The quantitative estimate of drug-likeness (QED) is 0.635. The van der Waals surface area contributed by atoms with Crippen LogP contribution in [0.5, 0.6) is 0 Å². The lowest BCUT2D eigenvalue weighted by molar-refractivity contribution is -0.130. The zero-order chi connectivity index (χ0) is 19.4. The fraction of sp³-hybridized carbons (Fsp3) is 0.222. The lowest BCUT2D eigenvalue weighted by atomic mass is 10.2. The van der Waals surface area contributed by atoms with Crippen molar-refractivity contribution in [1.82, 2.24) is 14.6 Å². The van der Waals surface area contributed by atoms with Gasteiger partial charge in [0, 0.05) is 31.6 Å². The number of hydrogen-bond acceptors (Lipinski definition) is 5. The van der Waals surface area contributed by atoms with Crippen LogP contribution in [0.3, 0.4) is 0 Å². The van der Waals surface area contributed by atoms with E-state index >= 15 is 0 Å². The van der Waals surface area contributed by atoms with Crippen LogP contribution in [0.4, 0.5) is 0 Å². The number of fused-ring (bicyclic) bond motifs is 1. The maximum atomic E-state index is 12.4. The van der Waals surface area contributed by atoms with E-state index < -0.39 is 10.0 Å². The molecule has 0 radical (unpaired) electrons.